The minimum atomic E-state index is 0.00330. The van der Waals surface area contributed by atoms with E-state index in [1.165, 1.54) is 16.9 Å². The Balaban J connectivity index is 1.36. The van der Waals surface area contributed by atoms with Gasteiger partial charge in [-0.05, 0) is 37.5 Å². The van der Waals surface area contributed by atoms with Crippen molar-refractivity contribution in [2.24, 2.45) is 0 Å². The lowest BCUT2D eigenvalue weighted by atomic mass is 10.1. The molecule has 0 aliphatic heterocycles. The smallest absolute Gasteiger partial charge is 0.226 e. The molecule has 0 aliphatic rings. The Labute approximate surface area is 163 Å². The van der Waals surface area contributed by atoms with Crippen molar-refractivity contribution in [3.05, 3.63) is 76.0 Å². The second-order valence-corrected chi connectivity index (χ2v) is 7.22. The van der Waals surface area contributed by atoms with E-state index in [4.69, 9.17) is 4.74 Å². The molecule has 2 aromatic heterocycles. The summed E-state index contributed by atoms with van der Waals surface area (Å²) in [6, 6.07) is 14.1. The SMILES string of the molecule is Cc1ccc(OCc2nc(CC(=O)NCCCc3ccccc3)cs2)cn1. The molecule has 6 heteroatoms. The molecule has 0 unspecified atom stereocenters. The van der Waals surface area contributed by atoms with Crippen LogP contribution >= 0.6 is 11.3 Å². The fraction of sp³-hybridized carbons (Fsp3) is 0.286. The third-order valence-electron chi connectivity index (χ3n) is 3.99. The third kappa shape index (κ3) is 6.49. The maximum Gasteiger partial charge on any atom is 0.226 e. The number of nitrogens with one attached hydrogen (secondary N) is 1. The summed E-state index contributed by atoms with van der Waals surface area (Å²) >= 11 is 1.50. The molecule has 27 heavy (non-hydrogen) atoms. The first-order valence-electron chi connectivity index (χ1n) is 8.98. The van der Waals surface area contributed by atoms with Crippen LogP contribution in [-0.2, 0) is 24.2 Å². The summed E-state index contributed by atoms with van der Waals surface area (Å²) in [5, 5.41) is 5.72. The predicted octanol–water partition coefficient (Wildman–Crippen LogP) is 3.72. The highest BCUT2D eigenvalue weighted by Crippen LogP contribution is 2.15. The molecule has 0 spiro atoms. The van der Waals surface area contributed by atoms with Gasteiger partial charge in [0.1, 0.15) is 17.4 Å². The molecule has 140 valence electrons. The second-order valence-electron chi connectivity index (χ2n) is 6.27. The molecular formula is C21H23N3O2S. The quantitative estimate of drug-likeness (QED) is 0.574. The van der Waals surface area contributed by atoms with Gasteiger partial charge >= 0.3 is 0 Å². The zero-order valence-corrected chi connectivity index (χ0v) is 16.2. The topological polar surface area (TPSA) is 64.1 Å². The highest BCUT2D eigenvalue weighted by Gasteiger charge is 2.08. The van der Waals surface area contributed by atoms with E-state index in [2.05, 4.69) is 27.4 Å². The number of pyridine rings is 1. The van der Waals surface area contributed by atoms with Crippen LogP contribution in [0.2, 0.25) is 0 Å². The van der Waals surface area contributed by atoms with Crippen LogP contribution in [0.25, 0.3) is 0 Å². The Bertz CT molecular complexity index is 847. The molecule has 3 aromatic rings. The number of thiazole rings is 1. The monoisotopic (exact) mass is 381 g/mol. The number of carbonyl (C=O) groups is 1. The number of aromatic nitrogens is 2. The standard InChI is InChI=1S/C21H23N3O2S/c1-16-9-10-19(13-23-16)26-14-21-24-18(15-27-21)12-20(25)22-11-5-8-17-6-3-2-4-7-17/h2-4,6-7,9-10,13,15H,5,8,11-12,14H2,1H3,(H,22,25). The number of rotatable bonds is 9. The lowest BCUT2D eigenvalue weighted by molar-refractivity contribution is -0.120. The number of aryl methyl sites for hydroxylation is 2. The molecule has 1 amide bonds. The van der Waals surface area contributed by atoms with Gasteiger partial charge in [-0.25, -0.2) is 4.98 Å². The maximum absolute atomic E-state index is 12.1. The average molecular weight is 382 g/mol. The van der Waals surface area contributed by atoms with Crippen LogP contribution in [0.3, 0.4) is 0 Å². The Hall–Kier alpha value is -2.73. The molecular weight excluding hydrogens is 358 g/mol. The van der Waals surface area contributed by atoms with E-state index >= 15 is 0 Å². The van der Waals surface area contributed by atoms with Gasteiger partial charge in [0.25, 0.3) is 0 Å². The van der Waals surface area contributed by atoms with E-state index < -0.39 is 0 Å². The maximum atomic E-state index is 12.1. The van der Waals surface area contributed by atoms with Crippen LogP contribution in [0, 0.1) is 6.92 Å². The zero-order chi connectivity index (χ0) is 18.9. The summed E-state index contributed by atoms with van der Waals surface area (Å²) in [6.07, 6.45) is 3.89. The summed E-state index contributed by atoms with van der Waals surface area (Å²) < 4.78 is 5.67. The molecule has 0 saturated carbocycles. The number of hydrogen-bond acceptors (Lipinski definition) is 5. The summed E-state index contributed by atoms with van der Waals surface area (Å²) in [5.41, 5.74) is 3.02. The van der Waals surface area contributed by atoms with Crippen LogP contribution in [0.4, 0.5) is 0 Å². The second kappa shape index (κ2) is 9.83. The Morgan fingerprint density at radius 2 is 2.04 bits per heavy atom. The van der Waals surface area contributed by atoms with E-state index in [0.717, 1.165) is 29.2 Å². The van der Waals surface area contributed by atoms with Crippen LogP contribution in [-0.4, -0.2) is 22.4 Å². The normalized spacial score (nSPS) is 10.6. The van der Waals surface area contributed by atoms with Crippen molar-refractivity contribution in [2.75, 3.05) is 6.54 Å². The number of hydrogen-bond donors (Lipinski definition) is 1. The highest BCUT2D eigenvalue weighted by atomic mass is 32.1. The van der Waals surface area contributed by atoms with Crippen molar-refractivity contribution >= 4 is 17.2 Å². The molecule has 1 aromatic carbocycles. The van der Waals surface area contributed by atoms with E-state index in [0.29, 0.717) is 25.3 Å². The van der Waals surface area contributed by atoms with Crippen LogP contribution in [0.5, 0.6) is 5.75 Å². The van der Waals surface area contributed by atoms with Gasteiger partial charge in [-0.1, -0.05) is 30.3 Å². The molecule has 1 N–H and O–H groups in total. The molecule has 0 saturated heterocycles. The minimum Gasteiger partial charge on any atom is -0.485 e. The summed E-state index contributed by atoms with van der Waals surface area (Å²) in [4.78, 5) is 20.7. The van der Waals surface area contributed by atoms with Crippen molar-refractivity contribution in [2.45, 2.75) is 32.8 Å². The molecule has 0 atom stereocenters. The van der Waals surface area contributed by atoms with E-state index in [-0.39, 0.29) is 5.91 Å². The lowest BCUT2D eigenvalue weighted by Crippen LogP contribution is -2.26. The van der Waals surface area contributed by atoms with E-state index in [1.54, 1.807) is 6.20 Å². The zero-order valence-electron chi connectivity index (χ0n) is 15.4. The first-order chi connectivity index (χ1) is 13.2. The molecule has 0 aliphatic carbocycles. The minimum absolute atomic E-state index is 0.00330. The van der Waals surface area contributed by atoms with E-state index in [9.17, 15) is 4.79 Å². The molecule has 0 radical (unpaired) electrons. The number of ether oxygens (including phenoxy) is 1. The number of nitrogens with zero attached hydrogens (tertiary/aromatic N) is 2. The molecule has 3 rings (SSSR count). The number of benzene rings is 1. The Morgan fingerprint density at radius 1 is 1.19 bits per heavy atom. The molecule has 0 bridgehead atoms. The van der Waals surface area contributed by atoms with Gasteiger partial charge in [-0.3, -0.25) is 9.78 Å². The summed E-state index contributed by atoms with van der Waals surface area (Å²) in [5.74, 6) is 0.720. The predicted molar refractivity (Wildman–Crippen MR) is 107 cm³/mol. The lowest BCUT2D eigenvalue weighted by Gasteiger charge is -2.04. The summed E-state index contributed by atoms with van der Waals surface area (Å²) in [6.45, 7) is 2.99. The fourth-order valence-electron chi connectivity index (χ4n) is 2.57. The van der Waals surface area contributed by atoms with Crippen LogP contribution in [0.1, 0.15) is 28.4 Å². The van der Waals surface area contributed by atoms with Gasteiger partial charge in [0.15, 0.2) is 0 Å². The van der Waals surface area contributed by atoms with Gasteiger partial charge in [0, 0.05) is 17.6 Å². The van der Waals surface area contributed by atoms with Crippen molar-refractivity contribution in [3.8, 4) is 5.75 Å². The first kappa shape index (κ1) is 19.0. The highest BCUT2D eigenvalue weighted by molar-refractivity contribution is 7.09. The van der Waals surface area contributed by atoms with Crippen molar-refractivity contribution < 1.29 is 9.53 Å². The van der Waals surface area contributed by atoms with Gasteiger partial charge < -0.3 is 10.1 Å². The Kier molecular flexibility index (Phi) is 6.93. The van der Waals surface area contributed by atoms with Crippen molar-refractivity contribution in [3.63, 3.8) is 0 Å². The van der Waals surface area contributed by atoms with Crippen molar-refractivity contribution in [1.82, 2.24) is 15.3 Å². The first-order valence-corrected chi connectivity index (χ1v) is 9.86. The molecule has 2 heterocycles. The molecule has 0 fully saturated rings. The van der Waals surface area contributed by atoms with Crippen LogP contribution in [0.15, 0.2) is 54.0 Å². The van der Waals surface area contributed by atoms with Gasteiger partial charge in [0.2, 0.25) is 5.91 Å². The summed E-state index contributed by atoms with van der Waals surface area (Å²) in [7, 11) is 0. The third-order valence-corrected chi connectivity index (χ3v) is 4.87. The Morgan fingerprint density at radius 3 is 2.81 bits per heavy atom. The largest absolute Gasteiger partial charge is 0.485 e. The number of carbonyl (C=O) groups excluding carboxylic acids is 1. The van der Waals surface area contributed by atoms with Crippen LogP contribution < -0.4 is 10.1 Å². The fourth-order valence-corrected chi connectivity index (χ4v) is 3.28. The molecule has 5 nitrogen and oxygen atoms in total. The van der Waals surface area contributed by atoms with Gasteiger partial charge in [0.05, 0.1) is 18.3 Å². The van der Waals surface area contributed by atoms with Gasteiger partial charge in [-0.15, -0.1) is 11.3 Å². The average Bonchev–Trinajstić information content (AvgIpc) is 3.13. The van der Waals surface area contributed by atoms with Gasteiger partial charge in [-0.2, -0.15) is 0 Å². The van der Waals surface area contributed by atoms with Crippen molar-refractivity contribution in [1.29, 1.82) is 0 Å². The number of amides is 1. The van der Waals surface area contributed by atoms with E-state index in [1.807, 2.05) is 42.6 Å².